The van der Waals surface area contributed by atoms with Crippen LogP contribution in [0.1, 0.15) is 17.3 Å². The summed E-state index contributed by atoms with van der Waals surface area (Å²) in [7, 11) is 0. The van der Waals surface area contributed by atoms with Gasteiger partial charge < -0.3 is 4.42 Å². The lowest BCUT2D eigenvalue weighted by molar-refractivity contribution is -0.121. The number of aryl methyl sites for hydroxylation is 1. The molecule has 26 heavy (non-hydrogen) atoms. The number of carbonyl (C=O) groups excluding carboxylic acids is 1. The van der Waals surface area contributed by atoms with Crippen molar-refractivity contribution < 1.29 is 9.21 Å². The molecule has 0 unspecified atom stereocenters. The third kappa shape index (κ3) is 3.08. The predicted octanol–water partition coefficient (Wildman–Crippen LogP) is 1.69. The number of fused-ring (bicyclic) bond motifs is 3. The van der Waals surface area contributed by atoms with Gasteiger partial charge in [0, 0.05) is 4.90 Å². The van der Waals surface area contributed by atoms with Crippen LogP contribution in [0.3, 0.4) is 0 Å². The first-order chi connectivity index (χ1) is 12.6. The summed E-state index contributed by atoms with van der Waals surface area (Å²) in [5.74, 6) is 2.05. The fourth-order valence-corrected chi connectivity index (χ4v) is 3.61. The van der Waals surface area contributed by atoms with Crippen LogP contribution in [-0.2, 0) is 17.1 Å². The quantitative estimate of drug-likeness (QED) is 0.558. The van der Waals surface area contributed by atoms with Gasteiger partial charge in [-0.1, -0.05) is 12.1 Å². The maximum Gasteiger partial charge on any atom is 0.351 e. The van der Waals surface area contributed by atoms with Crippen molar-refractivity contribution in [2.24, 2.45) is 5.10 Å². The maximum atomic E-state index is 12.6. The molecular formula is C17H15N5O3S. The Kier molecular flexibility index (Phi) is 4.21. The Labute approximate surface area is 152 Å². The van der Waals surface area contributed by atoms with Crippen LogP contribution in [0, 0.1) is 6.92 Å². The first kappa shape index (κ1) is 16.4. The Morgan fingerprint density at radius 2 is 2.23 bits per heavy atom. The van der Waals surface area contributed by atoms with E-state index in [-0.39, 0.29) is 12.2 Å². The third-order valence-corrected chi connectivity index (χ3v) is 4.86. The fraction of sp³-hybridized carbons (Fsp3) is 0.176. The monoisotopic (exact) mass is 369 g/mol. The summed E-state index contributed by atoms with van der Waals surface area (Å²) in [5.41, 5.74) is 2.83. The fourth-order valence-electron chi connectivity index (χ4n) is 2.66. The van der Waals surface area contributed by atoms with Gasteiger partial charge in [0.2, 0.25) is 0 Å². The van der Waals surface area contributed by atoms with Gasteiger partial charge in [-0.3, -0.25) is 4.79 Å². The van der Waals surface area contributed by atoms with Gasteiger partial charge in [0.25, 0.3) is 5.91 Å². The molecule has 1 aromatic carbocycles. The minimum atomic E-state index is -0.442. The number of benzene rings is 1. The number of amides is 1. The van der Waals surface area contributed by atoms with E-state index in [0.29, 0.717) is 17.3 Å². The van der Waals surface area contributed by atoms with Crippen LogP contribution in [0.4, 0.5) is 0 Å². The topological polar surface area (TPSA) is 94.4 Å². The summed E-state index contributed by atoms with van der Waals surface area (Å²) in [6.07, 6.45) is 1.40. The minimum Gasteiger partial charge on any atom is -0.460 e. The van der Waals surface area contributed by atoms with E-state index in [4.69, 9.17) is 4.42 Å². The van der Waals surface area contributed by atoms with E-state index in [1.54, 1.807) is 28.5 Å². The number of nitrogens with one attached hydrogen (secondary N) is 1. The van der Waals surface area contributed by atoms with Gasteiger partial charge in [-0.25, -0.2) is 19.5 Å². The van der Waals surface area contributed by atoms with Crippen LogP contribution >= 0.6 is 11.8 Å². The SMILES string of the molecule is Cc1ccc(/C=N\NC(=O)Cn2nc3n(c2=O)-c2ccccc2SC3)o1. The van der Waals surface area contributed by atoms with E-state index >= 15 is 0 Å². The Balaban J connectivity index is 1.50. The van der Waals surface area contributed by atoms with E-state index in [9.17, 15) is 9.59 Å². The molecular weight excluding hydrogens is 354 g/mol. The molecule has 3 aromatic rings. The van der Waals surface area contributed by atoms with Crippen molar-refractivity contribution in [2.45, 2.75) is 24.1 Å². The van der Waals surface area contributed by atoms with Crippen LogP contribution in [0.25, 0.3) is 5.69 Å². The summed E-state index contributed by atoms with van der Waals surface area (Å²) in [6, 6.07) is 11.2. The first-order valence-corrected chi connectivity index (χ1v) is 8.89. The third-order valence-electron chi connectivity index (χ3n) is 3.80. The summed E-state index contributed by atoms with van der Waals surface area (Å²) in [4.78, 5) is 25.7. The smallest absolute Gasteiger partial charge is 0.351 e. The first-order valence-electron chi connectivity index (χ1n) is 7.91. The lowest BCUT2D eigenvalue weighted by Gasteiger charge is -2.15. The lowest BCUT2D eigenvalue weighted by Crippen LogP contribution is -2.31. The number of aromatic nitrogens is 3. The highest BCUT2D eigenvalue weighted by Gasteiger charge is 2.22. The predicted molar refractivity (Wildman–Crippen MR) is 96.6 cm³/mol. The molecule has 1 aliphatic heterocycles. The summed E-state index contributed by atoms with van der Waals surface area (Å²) >= 11 is 1.62. The van der Waals surface area contributed by atoms with Gasteiger partial charge in [-0.15, -0.1) is 11.8 Å². The zero-order chi connectivity index (χ0) is 18.1. The molecule has 0 saturated carbocycles. The van der Waals surface area contributed by atoms with Crippen molar-refractivity contribution in [3.63, 3.8) is 0 Å². The van der Waals surface area contributed by atoms with Gasteiger partial charge in [-0.05, 0) is 31.2 Å². The summed E-state index contributed by atoms with van der Waals surface area (Å²) < 4.78 is 8.02. The highest BCUT2D eigenvalue weighted by atomic mass is 32.2. The second kappa shape index (κ2) is 6.68. The molecule has 0 saturated heterocycles. The van der Waals surface area contributed by atoms with E-state index < -0.39 is 5.91 Å². The Morgan fingerprint density at radius 3 is 3.04 bits per heavy atom. The summed E-state index contributed by atoms with van der Waals surface area (Å²) in [6.45, 7) is 1.61. The highest BCUT2D eigenvalue weighted by Crippen LogP contribution is 2.32. The van der Waals surface area contributed by atoms with Crippen molar-refractivity contribution in [1.29, 1.82) is 0 Å². The van der Waals surface area contributed by atoms with Crippen molar-refractivity contribution in [3.05, 3.63) is 64.2 Å². The molecule has 0 fully saturated rings. The largest absolute Gasteiger partial charge is 0.460 e. The van der Waals surface area contributed by atoms with Gasteiger partial charge >= 0.3 is 5.69 Å². The van der Waals surface area contributed by atoms with E-state index in [0.717, 1.165) is 21.0 Å². The Morgan fingerprint density at radius 1 is 1.38 bits per heavy atom. The molecule has 0 radical (unpaired) electrons. The van der Waals surface area contributed by atoms with Crippen molar-refractivity contribution in [3.8, 4) is 5.69 Å². The number of thioether (sulfide) groups is 1. The second-order valence-corrected chi connectivity index (χ2v) is 6.71. The highest BCUT2D eigenvalue weighted by molar-refractivity contribution is 7.98. The van der Waals surface area contributed by atoms with E-state index in [1.165, 1.54) is 6.21 Å². The van der Waals surface area contributed by atoms with Gasteiger partial charge in [-0.2, -0.15) is 10.2 Å². The maximum absolute atomic E-state index is 12.6. The standard InChI is InChI=1S/C17H15N5O3S/c1-11-6-7-12(25-11)8-18-19-16(23)9-21-17(24)22-13-4-2-3-5-14(13)26-10-15(22)20-21/h2-8H,9-10H2,1H3,(H,19,23)/b18-8-. The molecule has 1 aliphatic rings. The zero-order valence-electron chi connectivity index (χ0n) is 13.9. The van der Waals surface area contributed by atoms with Gasteiger partial charge in [0.15, 0.2) is 0 Å². The number of hydrogen-bond acceptors (Lipinski definition) is 6. The molecule has 0 spiro atoms. The van der Waals surface area contributed by atoms with Crippen LogP contribution in [-0.4, -0.2) is 26.5 Å². The lowest BCUT2D eigenvalue weighted by atomic mass is 10.3. The molecule has 1 amide bonds. The van der Waals surface area contributed by atoms with Crippen molar-refractivity contribution >= 4 is 23.9 Å². The average molecular weight is 369 g/mol. The second-order valence-electron chi connectivity index (χ2n) is 5.69. The number of hydrogen-bond donors (Lipinski definition) is 1. The van der Waals surface area contributed by atoms with E-state index in [1.807, 2.05) is 31.2 Å². The Hall–Kier alpha value is -3.07. The van der Waals surface area contributed by atoms with Crippen molar-refractivity contribution in [1.82, 2.24) is 19.8 Å². The summed E-state index contributed by atoms with van der Waals surface area (Å²) in [5, 5.41) is 8.10. The number of carbonyl (C=O) groups is 1. The molecule has 0 atom stereocenters. The van der Waals surface area contributed by atoms with Crippen LogP contribution < -0.4 is 11.1 Å². The van der Waals surface area contributed by atoms with Crippen molar-refractivity contribution in [2.75, 3.05) is 0 Å². The minimum absolute atomic E-state index is 0.208. The molecule has 1 N–H and O–H groups in total. The number of nitrogens with zero attached hydrogens (tertiary/aromatic N) is 4. The average Bonchev–Trinajstić information content (AvgIpc) is 3.18. The molecule has 4 rings (SSSR count). The molecule has 2 aromatic heterocycles. The molecule has 0 aliphatic carbocycles. The van der Waals surface area contributed by atoms with E-state index in [2.05, 4.69) is 15.6 Å². The Bertz CT molecular complexity index is 1060. The molecule has 0 bridgehead atoms. The van der Waals surface area contributed by atoms with Gasteiger partial charge in [0.05, 0.1) is 17.7 Å². The molecule has 9 heteroatoms. The zero-order valence-corrected chi connectivity index (χ0v) is 14.7. The molecule has 8 nitrogen and oxygen atoms in total. The number of furan rings is 1. The number of rotatable bonds is 4. The van der Waals surface area contributed by atoms with Crippen LogP contribution in [0.2, 0.25) is 0 Å². The van der Waals surface area contributed by atoms with Crippen LogP contribution in [0.15, 0.2) is 55.6 Å². The number of para-hydroxylation sites is 1. The van der Waals surface area contributed by atoms with Crippen LogP contribution in [0.5, 0.6) is 0 Å². The normalized spacial score (nSPS) is 12.8. The molecule has 132 valence electrons. The number of hydrazone groups is 1. The van der Waals surface area contributed by atoms with Gasteiger partial charge in [0.1, 0.15) is 23.9 Å². The molecule has 3 heterocycles.